The van der Waals surface area contributed by atoms with Crippen LogP contribution in [0.2, 0.25) is 10.0 Å². The summed E-state index contributed by atoms with van der Waals surface area (Å²) in [5.74, 6) is -0.0940. The van der Waals surface area contributed by atoms with Crippen LogP contribution in [-0.4, -0.2) is 5.78 Å². The van der Waals surface area contributed by atoms with Crippen molar-refractivity contribution in [3.05, 3.63) is 74.2 Å². The molecule has 4 heteroatoms. The fourth-order valence-electron chi connectivity index (χ4n) is 1.54. The van der Waals surface area contributed by atoms with Crippen LogP contribution in [0.4, 0.5) is 0 Å². The second kappa shape index (κ2) is 6.38. The van der Waals surface area contributed by atoms with Crippen LogP contribution in [0, 0.1) is 0 Å². The Morgan fingerprint density at radius 2 is 1.58 bits per heavy atom. The van der Waals surface area contributed by atoms with Gasteiger partial charge in [0, 0.05) is 25.6 Å². The molecule has 0 aliphatic rings. The fourth-order valence-corrected chi connectivity index (χ4v) is 2.33. The van der Waals surface area contributed by atoms with E-state index in [0.717, 1.165) is 4.47 Å². The van der Waals surface area contributed by atoms with E-state index in [4.69, 9.17) is 23.2 Å². The van der Waals surface area contributed by atoms with Gasteiger partial charge in [-0.1, -0.05) is 45.2 Å². The lowest BCUT2D eigenvalue weighted by Gasteiger charge is -2.01. The van der Waals surface area contributed by atoms with E-state index in [-0.39, 0.29) is 5.78 Å². The second-order valence-corrected chi connectivity index (χ2v) is 5.57. The topological polar surface area (TPSA) is 17.1 Å². The molecule has 1 nitrogen and oxygen atoms in total. The summed E-state index contributed by atoms with van der Waals surface area (Å²) in [6.07, 6.45) is 3.10. The first-order valence-electron chi connectivity index (χ1n) is 5.50. The van der Waals surface area contributed by atoms with Gasteiger partial charge in [0.15, 0.2) is 5.78 Å². The number of carbonyl (C=O) groups is 1. The Morgan fingerprint density at radius 3 is 2.16 bits per heavy atom. The summed E-state index contributed by atoms with van der Waals surface area (Å²) in [6.45, 7) is 0. The molecule has 19 heavy (non-hydrogen) atoms. The van der Waals surface area contributed by atoms with Gasteiger partial charge in [0.05, 0.1) is 0 Å². The zero-order valence-electron chi connectivity index (χ0n) is 9.74. The third-order valence-electron chi connectivity index (χ3n) is 2.53. The number of ketones is 1. The molecular weight excluding hydrogens is 347 g/mol. The maximum Gasteiger partial charge on any atom is 0.185 e. The van der Waals surface area contributed by atoms with Crippen LogP contribution in [0.25, 0.3) is 6.08 Å². The molecule has 0 saturated carbocycles. The smallest absolute Gasteiger partial charge is 0.185 e. The molecule has 0 heterocycles. The zero-order valence-corrected chi connectivity index (χ0v) is 12.8. The van der Waals surface area contributed by atoms with Crippen molar-refractivity contribution in [2.24, 2.45) is 0 Å². The molecule has 0 spiro atoms. The fraction of sp³-hybridized carbons (Fsp3) is 0. The summed E-state index contributed by atoms with van der Waals surface area (Å²) >= 11 is 15.4. The van der Waals surface area contributed by atoms with Gasteiger partial charge < -0.3 is 0 Å². The Balaban J connectivity index is 2.23. The lowest BCUT2D eigenvalue weighted by molar-refractivity contribution is 0.104. The molecule has 96 valence electrons. The van der Waals surface area contributed by atoms with Gasteiger partial charge in [0.25, 0.3) is 0 Å². The zero-order chi connectivity index (χ0) is 13.8. The van der Waals surface area contributed by atoms with Crippen molar-refractivity contribution in [3.8, 4) is 0 Å². The summed E-state index contributed by atoms with van der Waals surface area (Å²) < 4.78 is 0.933. The minimum atomic E-state index is -0.0940. The maximum absolute atomic E-state index is 12.0. The van der Waals surface area contributed by atoms with Crippen molar-refractivity contribution in [1.29, 1.82) is 0 Å². The Morgan fingerprint density at radius 1 is 1.00 bits per heavy atom. The number of benzene rings is 2. The van der Waals surface area contributed by atoms with Crippen molar-refractivity contribution in [2.45, 2.75) is 0 Å². The third-order valence-corrected chi connectivity index (χ3v) is 3.72. The van der Waals surface area contributed by atoms with Crippen LogP contribution in [0.3, 0.4) is 0 Å². The molecule has 0 bridgehead atoms. The lowest BCUT2D eigenvalue weighted by Crippen LogP contribution is -1.93. The minimum absolute atomic E-state index is 0.0940. The molecule has 0 amide bonds. The van der Waals surface area contributed by atoms with E-state index < -0.39 is 0 Å². The van der Waals surface area contributed by atoms with Crippen molar-refractivity contribution in [3.63, 3.8) is 0 Å². The van der Waals surface area contributed by atoms with Gasteiger partial charge in [-0.2, -0.15) is 0 Å². The van der Waals surface area contributed by atoms with E-state index in [1.165, 1.54) is 6.08 Å². The first-order chi connectivity index (χ1) is 9.08. The van der Waals surface area contributed by atoms with Crippen LogP contribution < -0.4 is 0 Å². The number of carbonyl (C=O) groups excluding carboxylic acids is 1. The van der Waals surface area contributed by atoms with Crippen molar-refractivity contribution < 1.29 is 4.79 Å². The van der Waals surface area contributed by atoms with Gasteiger partial charge >= 0.3 is 0 Å². The molecular formula is C15H9BrCl2O. The quantitative estimate of drug-likeness (QED) is 0.513. The van der Waals surface area contributed by atoms with Gasteiger partial charge in [-0.05, 0) is 48.6 Å². The number of halogens is 3. The Labute approximate surface area is 130 Å². The predicted octanol–water partition coefficient (Wildman–Crippen LogP) is 5.65. The molecule has 2 rings (SSSR count). The molecule has 0 saturated heterocycles. The summed E-state index contributed by atoms with van der Waals surface area (Å²) in [6, 6.07) is 12.4. The molecule has 0 radical (unpaired) electrons. The average molecular weight is 356 g/mol. The molecule has 2 aromatic rings. The maximum atomic E-state index is 12.0. The van der Waals surface area contributed by atoms with Gasteiger partial charge in [0.1, 0.15) is 0 Å². The van der Waals surface area contributed by atoms with Crippen LogP contribution in [0.15, 0.2) is 53.0 Å². The standard InChI is InChI=1S/C15H9BrCl2O/c16-11-6-4-10(5-7-11)15(19)9-8-12-13(17)2-1-3-14(12)18/h1-9H. The molecule has 0 aromatic heterocycles. The highest BCUT2D eigenvalue weighted by molar-refractivity contribution is 9.10. The number of rotatable bonds is 3. The molecule has 2 aromatic carbocycles. The number of hydrogen-bond donors (Lipinski definition) is 0. The van der Waals surface area contributed by atoms with E-state index in [1.807, 2.05) is 12.1 Å². The molecule has 0 unspecified atom stereocenters. The number of hydrogen-bond acceptors (Lipinski definition) is 1. The van der Waals surface area contributed by atoms with Crippen LogP contribution in [-0.2, 0) is 0 Å². The first kappa shape index (κ1) is 14.3. The Bertz CT molecular complexity index is 613. The summed E-state index contributed by atoms with van der Waals surface area (Å²) in [5.41, 5.74) is 1.26. The van der Waals surface area contributed by atoms with E-state index in [0.29, 0.717) is 21.2 Å². The van der Waals surface area contributed by atoms with E-state index in [9.17, 15) is 4.79 Å². The monoisotopic (exact) mass is 354 g/mol. The van der Waals surface area contributed by atoms with Crippen molar-refractivity contribution in [1.82, 2.24) is 0 Å². The lowest BCUT2D eigenvalue weighted by atomic mass is 10.1. The minimum Gasteiger partial charge on any atom is -0.289 e. The van der Waals surface area contributed by atoms with Gasteiger partial charge in [-0.3, -0.25) is 4.79 Å². The summed E-state index contributed by atoms with van der Waals surface area (Å²) in [4.78, 5) is 12.0. The predicted molar refractivity (Wildman–Crippen MR) is 84.0 cm³/mol. The third kappa shape index (κ3) is 3.69. The highest BCUT2D eigenvalue weighted by atomic mass is 79.9. The van der Waals surface area contributed by atoms with Crippen LogP contribution in [0.1, 0.15) is 15.9 Å². The summed E-state index contributed by atoms with van der Waals surface area (Å²) in [7, 11) is 0. The largest absolute Gasteiger partial charge is 0.289 e. The molecule has 0 fully saturated rings. The van der Waals surface area contributed by atoms with Gasteiger partial charge in [-0.15, -0.1) is 0 Å². The van der Waals surface area contributed by atoms with Crippen molar-refractivity contribution in [2.75, 3.05) is 0 Å². The number of allylic oxidation sites excluding steroid dienone is 1. The van der Waals surface area contributed by atoms with Crippen molar-refractivity contribution >= 4 is 51.0 Å². The SMILES string of the molecule is O=C(C=Cc1c(Cl)cccc1Cl)c1ccc(Br)cc1. The normalized spacial score (nSPS) is 10.9. The van der Waals surface area contributed by atoms with Crippen LogP contribution in [0.5, 0.6) is 0 Å². The summed E-state index contributed by atoms with van der Waals surface area (Å²) in [5, 5.41) is 1.04. The van der Waals surface area contributed by atoms with E-state index in [2.05, 4.69) is 15.9 Å². The molecule has 0 aliphatic carbocycles. The Kier molecular flexibility index (Phi) is 4.81. The first-order valence-corrected chi connectivity index (χ1v) is 7.05. The average Bonchev–Trinajstić information content (AvgIpc) is 2.38. The van der Waals surface area contributed by atoms with Gasteiger partial charge in [0.2, 0.25) is 0 Å². The Hall–Kier alpha value is -1.09. The van der Waals surface area contributed by atoms with Crippen LogP contribution >= 0.6 is 39.1 Å². The van der Waals surface area contributed by atoms with E-state index >= 15 is 0 Å². The highest BCUT2D eigenvalue weighted by Gasteiger charge is 2.04. The molecule has 0 aliphatic heterocycles. The molecule has 0 atom stereocenters. The molecule has 0 N–H and O–H groups in total. The highest BCUT2D eigenvalue weighted by Crippen LogP contribution is 2.25. The van der Waals surface area contributed by atoms with Gasteiger partial charge in [-0.25, -0.2) is 0 Å². The van der Waals surface area contributed by atoms with E-state index in [1.54, 1.807) is 36.4 Å². The second-order valence-electron chi connectivity index (χ2n) is 3.84.